The van der Waals surface area contributed by atoms with E-state index < -0.39 is 16.6 Å². The highest BCUT2D eigenvalue weighted by Gasteiger charge is 2.26. The molecule has 7 heteroatoms. The molecule has 1 aromatic carbocycles. The molecule has 0 fully saturated rings. The number of ketones is 1. The van der Waals surface area contributed by atoms with Crippen molar-refractivity contribution in [3.05, 3.63) is 57.3 Å². The Morgan fingerprint density at radius 2 is 2.10 bits per heavy atom. The lowest BCUT2D eigenvalue weighted by Crippen LogP contribution is -2.20. The molecular formula is C14H10N2O5. The summed E-state index contributed by atoms with van der Waals surface area (Å²) in [5, 5.41) is 10.6. The fourth-order valence-corrected chi connectivity index (χ4v) is 2.30. The molecule has 0 radical (unpaired) electrons. The van der Waals surface area contributed by atoms with Gasteiger partial charge in [-0.1, -0.05) is 0 Å². The molecule has 2 aromatic rings. The summed E-state index contributed by atoms with van der Waals surface area (Å²) in [7, 11) is 1.67. The van der Waals surface area contributed by atoms with Gasteiger partial charge in [0.2, 0.25) is 11.7 Å². The largest absolute Gasteiger partial charge is 0.433 e. The van der Waals surface area contributed by atoms with Gasteiger partial charge in [0.05, 0.1) is 12.5 Å². The summed E-state index contributed by atoms with van der Waals surface area (Å²) < 4.78 is 4.90. The van der Waals surface area contributed by atoms with Crippen LogP contribution in [0.3, 0.4) is 0 Å². The lowest BCUT2D eigenvalue weighted by molar-refractivity contribution is -0.402. The Hall–Kier alpha value is -2.96. The van der Waals surface area contributed by atoms with Crippen molar-refractivity contribution in [3.63, 3.8) is 0 Å². The summed E-state index contributed by atoms with van der Waals surface area (Å²) in [6.07, 6.45) is 0.241. The maximum Gasteiger partial charge on any atom is 0.433 e. The van der Waals surface area contributed by atoms with E-state index in [1.165, 1.54) is 11.0 Å². The second-order valence-corrected chi connectivity index (χ2v) is 4.70. The van der Waals surface area contributed by atoms with Crippen molar-refractivity contribution in [1.82, 2.24) is 0 Å². The lowest BCUT2D eigenvalue weighted by atomic mass is 10.0. The number of furan rings is 1. The van der Waals surface area contributed by atoms with Crippen LogP contribution < -0.4 is 4.90 Å². The quantitative estimate of drug-likeness (QED) is 0.488. The smallest absolute Gasteiger partial charge is 0.397 e. The first-order chi connectivity index (χ1) is 9.97. The zero-order valence-electron chi connectivity index (χ0n) is 11.0. The first-order valence-electron chi connectivity index (χ1n) is 6.16. The normalized spacial score (nSPS) is 13.4. The van der Waals surface area contributed by atoms with Gasteiger partial charge in [0.25, 0.3) is 0 Å². The molecule has 1 aliphatic rings. The van der Waals surface area contributed by atoms with Crippen molar-refractivity contribution in [3.8, 4) is 0 Å². The van der Waals surface area contributed by atoms with Crippen LogP contribution in [0, 0.1) is 10.1 Å². The van der Waals surface area contributed by atoms with E-state index in [0.29, 0.717) is 5.56 Å². The van der Waals surface area contributed by atoms with Gasteiger partial charge in [-0.3, -0.25) is 19.7 Å². The summed E-state index contributed by atoms with van der Waals surface area (Å²) >= 11 is 0. The minimum atomic E-state index is -0.701. The van der Waals surface area contributed by atoms with Gasteiger partial charge < -0.3 is 9.32 Å². The number of fused-ring (bicyclic) bond motifs is 1. The molecule has 2 heterocycles. The molecule has 106 valence electrons. The van der Waals surface area contributed by atoms with E-state index in [4.69, 9.17) is 4.42 Å². The van der Waals surface area contributed by atoms with Crippen molar-refractivity contribution in [2.45, 2.75) is 6.42 Å². The van der Waals surface area contributed by atoms with Gasteiger partial charge in [-0.2, -0.15) is 0 Å². The van der Waals surface area contributed by atoms with Crippen LogP contribution in [-0.4, -0.2) is 23.7 Å². The predicted octanol–water partition coefficient (Wildman–Crippen LogP) is 1.94. The SMILES string of the molecule is CN1C(=O)Cc2cc(C(=O)c3ccc([N+](=O)[O-])o3)ccc21. The van der Waals surface area contributed by atoms with Crippen LogP contribution in [0.15, 0.2) is 34.7 Å². The molecule has 0 N–H and O–H groups in total. The number of hydrogen-bond acceptors (Lipinski definition) is 5. The number of nitro groups is 1. The first kappa shape index (κ1) is 13.0. The molecule has 0 saturated heterocycles. The molecule has 21 heavy (non-hydrogen) atoms. The van der Waals surface area contributed by atoms with E-state index in [2.05, 4.69) is 0 Å². The number of anilines is 1. The average Bonchev–Trinajstić information content (AvgIpc) is 3.04. The number of carbonyl (C=O) groups is 2. The van der Waals surface area contributed by atoms with E-state index in [-0.39, 0.29) is 18.1 Å². The number of carbonyl (C=O) groups excluding carboxylic acids is 2. The lowest BCUT2D eigenvalue weighted by Gasteiger charge is -2.09. The Kier molecular flexibility index (Phi) is 2.83. The molecule has 0 unspecified atom stereocenters. The average molecular weight is 286 g/mol. The van der Waals surface area contributed by atoms with Crippen molar-refractivity contribution in [1.29, 1.82) is 0 Å². The van der Waals surface area contributed by atoms with E-state index in [1.54, 1.807) is 25.2 Å². The summed E-state index contributed by atoms with van der Waals surface area (Å²) in [6, 6.07) is 7.28. The van der Waals surface area contributed by atoms with Crippen molar-refractivity contribution >= 4 is 23.3 Å². The molecule has 3 rings (SSSR count). The Balaban J connectivity index is 1.94. The second-order valence-electron chi connectivity index (χ2n) is 4.70. The van der Waals surface area contributed by atoms with Gasteiger partial charge in [-0.05, 0) is 29.8 Å². The Labute approximate surface area is 118 Å². The number of nitrogens with zero attached hydrogens (tertiary/aromatic N) is 2. The van der Waals surface area contributed by atoms with Gasteiger partial charge in [-0.25, -0.2) is 0 Å². The molecule has 0 spiro atoms. The van der Waals surface area contributed by atoms with Gasteiger partial charge in [0, 0.05) is 18.3 Å². The number of amides is 1. The van der Waals surface area contributed by atoms with Gasteiger partial charge in [0.15, 0.2) is 5.76 Å². The van der Waals surface area contributed by atoms with Crippen molar-refractivity contribution in [2.24, 2.45) is 0 Å². The number of rotatable bonds is 3. The summed E-state index contributed by atoms with van der Waals surface area (Å²) in [5.74, 6) is -1.06. The highest BCUT2D eigenvalue weighted by Crippen LogP contribution is 2.29. The standard InChI is InChI=1S/C14H10N2O5/c1-15-10-3-2-8(6-9(10)7-12(15)17)14(18)11-4-5-13(21-11)16(19)20/h2-6H,7H2,1H3. The molecule has 0 atom stereocenters. The minimum absolute atomic E-state index is 0.0387. The number of hydrogen-bond donors (Lipinski definition) is 0. The molecule has 0 aliphatic carbocycles. The van der Waals surface area contributed by atoms with Gasteiger partial charge in [0.1, 0.15) is 4.92 Å². The highest BCUT2D eigenvalue weighted by atomic mass is 16.6. The van der Waals surface area contributed by atoms with Crippen LogP contribution >= 0.6 is 0 Å². The highest BCUT2D eigenvalue weighted by molar-refractivity contribution is 6.09. The minimum Gasteiger partial charge on any atom is -0.397 e. The van der Waals surface area contributed by atoms with E-state index in [1.807, 2.05) is 0 Å². The summed E-state index contributed by atoms with van der Waals surface area (Å²) in [5.41, 5.74) is 1.86. The third-order valence-corrected chi connectivity index (χ3v) is 3.41. The maximum absolute atomic E-state index is 12.2. The third-order valence-electron chi connectivity index (χ3n) is 3.41. The Morgan fingerprint density at radius 1 is 1.33 bits per heavy atom. The molecule has 0 saturated carbocycles. The molecule has 7 nitrogen and oxygen atoms in total. The molecule has 1 aromatic heterocycles. The first-order valence-corrected chi connectivity index (χ1v) is 6.16. The van der Waals surface area contributed by atoms with Gasteiger partial charge in [-0.15, -0.1) is 0 Å². The Bertz CT molecular complexity index is 777. The summed E-state index contributed by atoms with van der Waals surface area (Å²) in [6.45, 7) is 0. The number of benzene rings is 1. The molecular weight excluding hydrogens is 276 g/mol. The summed E-state index contributed by atoms with van der Waals surface area (Å²) in [4.78, 5) is 35.2. The van der Waals surface area contributed by atoms with Crippen LogP contribution in [0.2, 0.25) is 0 Å². The zero-order chi connectivity index (χ0) is 15.1. The van der Waals surface area contributed by atoms with Crippen molar-refractivity contribution in [2.75, 3.05) is 11.9 Å². The van der Waals surface area contributed by atoms with Gasteiger partial charge >= 0.3 is 5.88 Å². The fourth-order valence-electron chi connectivity index (χ4n) is 2.30. The Morgan fingerprint density at radius 3 is 2.76 bits per heavy atom. The number of likely N-dealkylation sites (N-methyl/N-ethyl adjacent to an activating group) is 1. The van der Waals surface area contributed by atoms with Crippen molar-refractivity contribution < 1.29 is 18.9 Å². The third kappa shape index (κ3) is 2.08. The topological polar surface area (TPSA) is 93.7 Å². The van der Waals surface area contributed by atoms with E-state index in [0.717, 1.165) is 17.3 Å². The fraction of sp³-hybridized carbons (Fsp3) is 0.143. The van der Waals surface area contributed by atoms with Crippen LogP contribution in [0.1, 0.15) is 21.7 Å². The van der Waals surface area contributed by atoms with Crippen LogP contribution in [0.5, 0.6) is 0 Å². The predicted molar refractivity (Wildman–Crippen MR) is 72.4 cm³/mol. The molecule has 1 amide bonds. The molecule has 0 bridgehead atoms. The van der Waals surface area contributed by atoms with Crippen LogP contribution in [0.4, 0.5) is 11.6 Å². The monoisotopic (exact) mass is 286 g/mol. The molecule has 1 aliphatic heterocycles. The van der Waals surface area contributed by atoms with Crippen LogP contribution in [-0.2, 0) is 11.2 Å². The maximum atomic E-state index is 12.2. The van der Waals surface area contributed by atoms with Crippen LogP contribution in [0.25, 0.3) is 0 Å². The second kappa shape index (κ2) is 4.55. The van der Waals surface area contributed by atoms with E-state index in [9.17, 15) is 19.7 Å². The van der Waals surface area contributed by atoms with E-state index >= 15 is 0 Å². The zero-order valence-corrected chi connectivity index (χ0v) is 11.0.